The van der Waals surface area contributed by atoms with E-state index in [1.807, 2.05) is 16.9 Å². The smallest absolute Gasteiger partial charge is 0.326 e. The largest absolute Gasteiger partial charge is 0.480 e. The van der Waals surface area contributed by atoms with Crippen molar-refractivity contribution in [2.75, 3.05) is 12.0 Å². The first-order valence-corrected chi connectivity index (χ1v) is 7.73. The number of amides is 6. The van der Waals surface area contributed by atoms with E-state index < -0.39 is 36.1 Å². The fourth-order valence-electron chi connectivity index (χ4n) is 1.40. The molecule has 1 aliphatic rings. The molecule has 130 valence electrons. The van der Waals surface area contributed by atoms with Crippen LogP contribution in [0.1, 0.15) is 13.3 Å². The van der Waals surface area contributed by atoms with Crippen LogP contribution in [0.25, 0.3) is 0 Å². The van der Waals surface area contributed by atoms with Gasteiger partial charge in [0.05, 0.1) is 0 Å². The maximum absolute atomic E-state index is 10.7. The van der Waals surface area contributed by atoms with Crippen LogP contribution in [-0.2, 0) is 14.4 Å². The number of carbonyl (C=O) groups excluding carboxylic acids is 4. The van der Waals surface area contributed by atoms with E-state index >= 15 is 0 Å². The van der Waals surface area contributed by atoms with Crippen molar-refractivity contribution in [2.45, 2.75) is 25.6 Å². The van der Waals surface area contributed by atoms with E-state index in [9.17, 15) is 24.0 Å². The zero-order chi connectivity index (χ0) is 18.0. The normalized spacial score (nSPS) is 17.0. The van der Waals surface area contributed by atoms with E-state index in [1.54, 1.807) is 11.8 Å². The number of carboxylic acid groups (broad SMARTS) is 1. The topological polar surface area (TPSA) is 180 Å². The van der Waals surface area contributed by atoms with Gasteiger partial charge < -0.3 is 26.8 Å². The molecular formula is C11H19N5O6S. The van der Waals surface area contributed by atoms with Gasteiger partial charge in [-0.25, -0.2) is 14.4 Å². The zero-order valence-corrected chi connectivity index (χ0v) is 13.4. The number of thioether (sulfide) groups is 1. The highest BCUT2D eigenvalue weighted by Gasteiger charge is 2.29. The Labute approximate surface area is 136 Å². The Morgan fingerprint density at radius 3 is 2.35 bits per heavy atom. The van der Waals surface area contributed by atoms with Crippen molar-refractivity contribution in [3.63, 3.8) is 0 Å². The van der Waals surface area contributed by atoms with Crippen LogP contribution in [0.3, 0.4) is 0 Å². The van der Waals surface area contributed by atoms with E-state index in [0.29, 0.717) is 6.42 Å². The Morgan fingerprint density at radius 2 is 2.00 bits per heavy atom. The molecule has 1 fully saturated rings. The number of aliphatic carboxylic acids is 1. The molecule has 0 aromatic heterocycles. The Kier molecular flexibility index (Phi) is 9.15. The lowest BCUT2D eigenvalue weighted by Gasteiger charge is -2.11. The molecule has 0 saturated carbocycles. The number of nitrogens with one attached hydrogen (secondary N) is 4. The van der Waals surface area contributed by atoms with Gasteiger partial charge in [0.2, 0.25) is 5.91 Å². The van der Waals surface area contributed by atoms with Crippen LogP contribution in [-0.4, -0.2) is 59.2 Å². The van der Waals surface area contributed by atoms with Crippen molar-refractivity contribution < 1.29 is 29.1 Å². The van der Waals surface area contributed by atoms with Crippen molar-refractivity contribution in [1.29, 1.82) is 0 Å². The third-order valence-corrected chi connectivity index (χ3v) is 2.99. The molecule has 2 atom stereocenters. The number of imide groups is 1. The number of urea groups is 2. The molecule has 6 amide bonds. The van der Waals surface area contributed by atoms with Crippen molar-refractivity contribution in [1.82, 2.24) is 21.3 Å². The van der Waals surface area contributed by atoms with Gasteiger partial charge >= 0.3 is 18.0 Å². The maximum atomic E-state index is 10.7. The molecule has 0 aromatic carbocycles. The molecule has 0 bridgehead atoms. The third-order valence-electron chi connectivity index (χ3n) is 2.35. The molecule has 23 heavy (non-hydrogen) atoms. The van der Waals surface area contributed by atoms with Gasteiger partial charge in [0, 0.05) is 6.92 Å². The summed E-state index contributed by atoms with van der Waals surface area (Å²) in [6.07, 6.45) is 1.32. The summed E-state index contributed by atoms with van der Waals surface area (Å²) < 4.78 is 0. The monoisotopic (exact) mass is 349 g/mol. The summed E-state index contributed by atoms with van der Waals surface area (Å²) in [4.78, 5) is 52.3. The Hall–Kier alpha value is -2.50. The van der Waals surface area contributed by atoms with E-state index in [-0.39, 0.29) is 5.91 Å². The Bertz CT molecular complexity index is 486. The quantitative estimate of drug-likeness (QED) is 0.304. The molecule has 0 radical (unpaired) electrons. The van der Waals surface area contributed by atoms with Gasteiger partial charge in [-0.1, -0.05) is 0 Å². The minimum atomic E-state index is -1.04. The van der Waals surface area contributed by atoms with Gasteiger partial charge in [-0.3, -0.25) is 14.9 Å². The van der Waals surface area contributed by atoms with Crippen LogP contribution in [0.2, 0.25) is 0 Å². The van der Waals surface area contributed by atoms with E-state index in [2.05, 4.69) is 10.6 Å². The van der Waals surface area contributed by atoms with Crippen molar-refractivity contribution >= 4 is 41.6 Å². The molecule has 0 aromatic rings. The lowest BCUT2D eigenvalue weighted by molar-refractivity contribution is -0.141. The number of carbonyl (C=O) groups is 5. The molecule has 0 aliphatic carbocycles. The molecule has 1 saturated heterocycles. The highest BCUT2D eigenvalue weighted by Crippen LogP contribution is 2.00. The highest BCUT2D eigenvalue weighted by molar-refractivity contribution is 7.98. The molecular weight excluding hydrogens is 330 g/mol. The second-order valence-electron chi connectivity index (χ2n) is 4.28. The third kappa shape index (κ3) is 9.18. The molecule has 0 spiro atoms. The summed E-state index contributed by atoms with van der Waals surface area (Å²) in [5.41, 5.74) is 4.70. The van der Waals surface area contributed by atoms with Gasteiger partial charge in [-0.05, 0) is 18.4 Å². The van der Waals surface area contributed by atoms with Gasteiger partial charge in [-0.2, -0.15) is 11.8 Å². The summed E-state index contributed by atoms with van der Waals surface area (Å²) >= 11 is 1.56. The minimum absolute atomic E-state index is 0.302. The van der Waals surface area contributed by atoms with Crippen molar-refractivity contribution in [3.05, 3.63) is 0 Å². The first-order chi connectivity index (χ1) is 10.7. The molecule has 1 rings (SSSR count). The number of hydrogen-bond acceptors (Lipinski definition) is 6. The molecule has 1 heterocycles. The van der Waals surface area contributed by atoms with Gasteiger partial charge in [0.15, 0.2) is 6.17 Å². The van der Waals surface area contributed by atoms with Crippen molar-refractivity contribution in [2.24, 2.45) is 5.73 Å². The maximum Gasteiger partial charge on any atom is 0.326 e. The number of primary amides is 1. The first kappa shape index (κ1) is 20.5. The van der Waals surface area contributed by atoms with Crippen LogP contribution in [0.15, 0.2) is 0 Å². The number of nitrogens with two attached hydrogens (primary N) is 1. The molecule has 1 aliphatic heterocycles. The SMILES string of the molecule is CSCC[C@H](NC(C)=O)C(=O)O.NC(=O)NC1NC(=O)NC1=O. The van der Waals surface area contributed by atoms with Gasteiger partial charge in [-0.15, -0.1) is 0 Å². The van der Waals surface area contributed by atoms with Crippen LogP contribution in [0, 0.1) is 0 Å². The molecule has 7 N–H and O–H groups in total. The number of carboxylic acids is 1. The fraction of sp³-hybridized carbons (Fsp3) is 0.545. The van der Waals surface area contributed by atoms with Crippen molar-refractivity contribution in [3.8, 4) is 0 Å². The van der Waals surface area contributed by atoms with Crippen LogP contribution >= 0.6 is 11.8 Å². The second-order valence-corrected chi connectivity index (χ2v) is 5.26. The van der Waals surface area contributed by atoms with Gasteiger partial charge in [0.1, 0.15) is 6.04 Å². The van der Waals surface area contributed by atoms with E-state index in [1.165, 1.54) is 6.92 Å². The fourth-order valence-corrected chi connectivity index (χ4v) is 1.87. The number of hydrogen-bond donors (Lipinski definition) is 6. The predicted octanol–water partition coefficient (Wildman–Crippen LogP) is -1.85. The van der Waals surface area contributed by atoms with Crippen LogP contribution < -0.4 is 27.0 Å². The predicted molar refractivity (Wildman–Crippen MR) is 81.4 cm³/mol. The molecule has 11 nitrogen and oxygen atoms in total. The minimum Gasteiger partial charge on any atom is -0.480 e. The molecule has 12 heteroatoms. The Balaban J connectivity index is 0.000000422. The zero-order valence-electron chi connectivity index (χ0n) is 12.5. The second kappa shape index (κ2) is 10.3. The summed E-state index contributed by atoms with van der Waals surface area (Å²) in [7, 11) is 0. The average molecular weight is 349 g/mol. The Morgan fingerprint density at radius 1 is 1.39 bits per heavy atom. The summed E-state index contributed by atoms with van der Waals surface area (Å²) in [6, 6.07) is -2.25. The number of rotatable bonds is 6. The van der Waals surface area contributed by atoms with Crippen LogP contribution in [0.4, 0.5) is 9.59 Å². The summed E-state index contributed by atoms with van der Waals surface area (Å²) in [6.45, 7) is 1.31. The standard InChI is InChI=1S/C7H13NO3S.C4H6N4O3/c1-5(9)8-6(7(10)11)3-4-12-2;5-3(10)6-1-2(9)8-4(11)7-1/h6H,3-4H2,1-2H3,(H,8,9)(H,10,11);1H,(H3,5,6,10)(H2,7,8,9,11)/t6-;/m0./s1. The van der Waals surface area contributed by atoms with Crippen LogP contribution in [0.5, 0.6) is 0 Å². The lowest BCUT2D eigenvalue weighted by Crippen LogP contribution is -2.48. The highest BCUT2D eigenvalue weighted by atomic mass is 32.2. The summed E-state index contributed by atoms with van der Waals surface area (Å²) in [5.74, 6) is -1.16. The van der Waals surface area contributed by atoms with E-state index in [0.717, 1.165) is 5.75 Å². The van der Waals surface area contributed by atoms with E-state index in [4.69, 9.17) is 10.8 Å². The average Bonchev–Trinajstić information content (AvgIpc) is 2.72. The molecule has 1 unspecified atom stereocenters. The lowest BCUT2D eigenvalue weighted by atomic mass is 10.2. The van der Waals surface area contributed by atoms with Gasteiger partial charge in [0.25, 0.3) is 5.91 Å². The first-order valence-electron chi connectivity index (χ1n) is 6.33. The summed E-state index contributed by atoms with van der Waals surface area (Å²) in [5, 5.41) is 17.0.